The van der Waals surface area contributed by atoms with Crippen molar-refractivity contribution in [3.05, 3.63) is 35.7 Å². The van der Waals surface area contributed by atoms with Gasteiger partial charge in [0.2, 0.25) is 11.7 Å². The van der Waals surface area contributed by atoms with Crippen LogP contribution in [0.1, 0.15) is 88.6 Å². The summed E-state index contributed by atoms with van der Waals surface area (Å²) in [7, 11) is 0. The van der Waals surface area contributed by atoms with Crippen LogP contribution in [0.2, 0.25) is 0 Å². The highest BCUT2D eigenvalue weighted by Crippen LogP contribution is 2.24. The molecule has 4 heteroatoms. The topological polar surface area (TPSA) is 51.0 Å². The molecule has 2 heterocycles. The van der Waals surface area contributed by atoms with Crippen molar-refractivity contribution in [1.29, 1.82) is 0 Å². The van der Waals surface area contributed by atoms with Gasteiger partial charge in [0, 0.05) is 5.56 Å². The molecule has 2 aromatic rings. The molecular formula is C22H33N3O. The van der Waals surface area contributed by atoms with E-state index in [2.05, 4.69) is 46.6 Å². The third-order valence-corrected chi connectivity index (χ3v) is 5.33. The highest BCUT2D eigenvalue weighted by Gasteiger charge is 2.22. The Labute approximate surface area is 157 Å². The van der Waals surface area contributed by atoms with E-state index in [9.17, 15) is 0 Å². The van der Waals surface area contributed by atoms with Crippen LogP contribution in [0.25, 0.3) is 11.4 Å². The SMILES string of the molecule is CCCCCCCCCCc1ccc(-c2noc([C@H]3CCCN3)n2)cc1. The fourth-order valence-electron chi connectivity index (χ4n) is 3.67. The molecule has 142 valence electrons. The summed E-state index contributed by atoms with van der Waals surface area (Å²) in [6.45, 7) is 3.31. The number of aryl methyl sites for hydroxylation is 1. The summed E-state index contributed by atoms with van der Waals surface area (Å²) in [5.74, 6) is 1.42. The molecule has 1 aliphatic heterocycles. The summed E-state index contributed by atoms with van der Waals surface area (Å²) >= 11 is 0. The second-order valence-corrected chi connectivity index (χ2v) is 7.53. The van der Waals surface area contributed by atoms with Crippen molar-refractivity contribution in [3.8, 4) is 11.4 Å². The average molecular weight is 356 g/mol. The fourth-order valence-corrected chi connectivity index (χ4v) is 3.67. The minimum atomic E-state index is 0.234. The van der Waals surface area contributed by atoms with E-state index in [1.165, 1.54) is 69.8 Å². The number of nitrogens with one attached hydrogen (secondary N) is 1. The maximum Gasteiger partial charge on any atom is 0.244 e. The summed E-state index contributed by atoms with van der Waals surface area (Å²) in [6.07, 6.45) is 14.4. The van der Waals surface area contributed by atoms with Crippen LogP contribution in [-0.2, 0) is 6.42 Å². The number of hydrogen-bond acceptors (Lipinski definition) is 4. The lowest BCUT2D eigenvalue weighted by atomic mass is 10.0. The van der Waals surface area contributed by atoms with Gasteiger partial charge in [-0.15, -0.1) is 0 Å². The summed E-state index contributed by atoms with van der Waals surface area (Å²) in [5.41, 5.74) is 2.44. The molecule has 1 aromatic heterocycles. The minimum Gasteiger partial charge on any atom is -0.337 e. The van der Waals surface area contributed by atoms with Gasteiger partial charge in [0.15, 0.2) is 0 Å². The monoisotopic (exact) mass is 355 g/mol. The van der Waals surface area contributed by atoms with Gasteiger partial charge in [-0.25, -0.2) is 0 Å². The lowest BCUT2D eigenvalue weighted by Crippen LogP contribution is -2.12. The smallest absolute Gasteiger partial charge is 0.244 e. The van der Waals surface area contributed by atoms with Gasteiger partial charge in [-0.05, 0) is 37.8 Å². The molecule has 26 heavy (non-hydrogen) atoms. The Hall–Kier alpha value is -1.68. The molecule has 0 spiro atoms. The fraction of sp³-hybridized carbons (Fsp3) is 0.636. The molecule has 0 aliphatic carbocycles. The molecule has 1 aromatic carbocycles. The van der Waals surface area contributed by atoms with E-state index in [0.29, 0.717) is 5.82 Å². The van der Waals surface area contributed by atoms with Crippen molar-refractivity contribution < 1.29 is 4.52 Å². The number of unbranched alkanes of at least 4 members (excludes halogenated alkanes) is 7. The van der Waals surface area contributed by atoms with Gasteiger partial charge in [0.25, 0.3) is 0 Å². The second kappa shape index (κ2) is 10.5. The van der Waals surface area contributed by atoms with Crippen molar-refractivity contribution in [1.82, 2.24) is 15.5 Å². The van der Waals surface area contributed by atoms with E-state index in [0.717, 1.165) is 24.4 Å². The number of rotatable bonds is 11. The van der Waals surface area contributed by atoms with Crippen LogP contribution in [-0.4, -0.2) is 16.7 Å². The van der Waals surface area contributed by atoms with Crippen LogP contribution in [0, 0.1) is 0 Å². The van der Waals surface area contributed by atoms with Gasteiger partial charge in [-0.3, -0.25) is 0 Å². The molecule has 4 nitrogen and oxygen atoms in total. The van der Waals surface area contributed by atoms with Crippen molar-refractivity contribution in [2.45, 2.75) is 83.6 Å². The number of hydrogen-bond donors (Lipinski definition) is 1. The van der Waals surface area contributed by atoms with E-state index in [4.69, 9.17) is 4.52 Å². The van der Waals surface area contributed by atoms with E-state index in [-0.39, 0.29) is 6.04 Å². The number of benzene rings is 1. The second-order valence-electron chi connectivity index (χ2n) is 7.53. The summed E-state index contributed by atoms with van der Waals surface area (Å²) < 4.78 is 5.44. The van der Waals surface area contributed by atoms with Gasteiger partial charge >= 0.3 is 0 Å². The molecule has 0 saturated carbocycles. The van der Waals surface area contributed by atoms with Crippen LogP contribution >= 0.6 is 0 Å². The van der Waals surface area contributed by atoms with Crippen LogP contribution in [0.4, 0.5) is 0 Å². The van der Waals surface area contributed by atoms with Gasteiger partial charge < -0.3 is 9.84 Å². The van der Waals surface area contributed by atoms with Crippen LogP contribution in [0.3, 0.4) is 0 Å². The maximum atomic E-state index is 5.44. The Morgan fingerprint density at radius 3 is 2.42 bits per heavy atom. The zero-order valence-electron chi connectivity index (χ0n) is 16.2. The lowest BCUT2D eigenvalue weighted by Gasteiger charge is -2.03. The van der Waals surface area contributed by atoms with Crippen LogP contribution in [0.5, 0.6) is 0 Å². The number of aromatic nitrogens is 2. The first-order valence-electron chi connectivity index (χ1n) is 10.5. The molecule has 3 rings (SSSR count). The van der Waals surface area contributed by atoms with E-state index in [1.54, 1.807) is 0 Å². The van der Waals surface area contributed by atoms with Crippen molar-refractivity contribution in [2.24, 2.45) is 0 Å². The molecule has 1 fully saturated rings. The van der Waals surface area contributed by atoms with Gasteiger partial charge in [0.1, 0.15) is 0 Å². The Balaban J connectivity index is 1.39. The molecule has 1 saturated heterocycles. The first-order valence-corrected chi connectivity index (χ1v) is 10.5. The van der Waals surface area contributed by atoms with E-state index >= 15 is 0 Å². The summed E-state index contributed by atoms with van der Waals surface area (Å²) in [5, 5.41) is 7.55. The third-order valence-electron chi connectivity index (χ3n) is 5.33. The first kappa shape index (κ1) is 19.1. The summed E-state index contributed by atoms with van der Waals surface area (Å²) in [6, 6.07) is 8.89. The average Bonchev–Trinajstić information content (AvgIpc) is 3.36. The van der Waals surface area contributed by atoms with E-state index in [1.807, 2.05) is 0 Å². The molecule has 1 atom stereocenters. The summed E-state index contributed by atoms with van der Waals surface area (Å²) in [4.78, 5) is 4.57. The maximum absolute atomic E-state index is 5.44. The molecule has 0 radical (unpaired) electrons. The Bertz CT molecular complexity index is 629. The quantitative estimate of drug-likeness (QED) is 0.514. The zero-order valence-corrected chi connectivity index (χ0v) is 16.2. The normalized spacial score (nSPS) is 17.0. The molecule has 0 bridgehead atoms. The van der Waals surface area contributed by atoms with Crippen molar-refractivity contribution >= 4 is 0 Å². The minimum absolute atomic E-state index is 0.234. The molecular weight excluding hydrogens is 322 g/mol. The molecule has 0 amide bonds. The van der Waals surface area contributed by atoms with Crippen LogP contribution in [0.15, 0.2) is 28.8 Å². The van der Waals surface area contributed by atoms with Gasteiger partial charge in [-0.2, -0.15) is 4.98 Å². The standard InChI is InChI=1S/C22H33N3O/c1-2-3-4-5-6-7-8-9-11-18-13-15-19(16-14-18)21-24-22(26-25-21)20-12-10-17-23-20/h13-16,20,23H,2-12,17H2,1H3/t20-/m1/s1. The Kier molecular flexibility index (Phi) is 7.68. The number of nitrogens with zero attached hydrogens (tertiary/aromatic N) is 2. The Morgan fingerprint density at radius 1 is 1.00 bits per heavy atom. The highest BCUT2D eigenvalue weighted by atomic mass is 16.5. The van der Waals surface area contributed by atoms with Crippen molar-refractivity contribution in [2.75, 3.05) is 6.54 Å². The first-order chi connectivity index (χ1) is 12.9. The van der Waals surface area contributed by atoms with Crippen molar-refractivity contribution in [3.63, 3.8) is 0 Å². The predicted octanol–water partition coefficient (Wildman–Crippen LogP) is 5.84. The lowest BCUT2D eigenvalue weighted by molar-refractivity contribution is 0.345. The highest BCUT2D eigenvalue weighted by molar-refractivity contribution is 5.54. The zero-order chi connectivity index (χ0) is 18.0. The third kappa shape index (κ3) is 5.66. The molecule has 0 unspecified atom stereocenters. The van der Waals surface area contributed by atoms with E-state index < -0.39 is 0 Å². The Morgan fingerprint density at radius 2 is 1.73 bits per heavy atom. The molecule has 1 N–H and O–H groups in total. The molecule has 1 aliphatic rings. The van der Waals surface area contributed by atoms with Gasteiger partial charge in [0.05, 0.1) is 6.04 Å². The predicted molar refractivity (Wildman–Crippen MR) is 106 cm³/mol. The van der Waals surface area contributed by atoms with Gasteiger partial charge in [-0.1, -0.05) is 81.3 Å². The largest absolute Gasteiger partial charge is 0.337 e. The van der Waals surface area contributed by atoms with Crippen LogP contribution < -0.4 is 5.32 Å².